The van der Waals surface area contributed by atoms with E-state index >= 15 is 0 Å². The second kappa shape index (κ2) is 8.76. The van der Waals surface area contributed by atoms with Gasteiger partial charge in [0.2, 0.25) is 0 Å². The van der Waals surface area contributed by atoms with Gasteiger partial charge in [-0.25, -0.2) is 0 Å². The molecule has 0 aromatic heterocycles. The third-order valence-electron chi connectivity index (χ3n) is 3.57. The number of hydrogen-bond acceptors (Lipinski definition) is 4. The van der Waals surface area contributed by atoms with Crippen molar-refractivity contribution >= 4 is 11.6 Å². The van der Waals surface area contributed by atoms with Crippen LogP contribution < -0.4 is 15.4 Å². The Morgan fingerprint density at radius 1 is 1.15 bits per heavy atom. The lowest BCUT2D eigenvalue weighted by atomic mass is 10.2. The number of methoxy groups -OCH3 is 1. The summed E-state index contributed by atoms with van der Waals surface area (Å²) in [6.45, 7) is 0.210. The Morgan fingerprint density at radius 2 is 1.78 bits per heavy atom. The molecule has 2 rings (SSSR count). The minimum absolute atomic E-state index is 0.205. The van der Waals surface area contributed by atoms with E-state index in [9.17, 15) is 18.0 Å². The monoisotopic (exact) mass is 375 g/mol. The molecule has 0 aliphatic carbocycles. The first kappa shape index (κ1) is 19.8. The Morgan fingerprint density at radius 3 is 2.30 bits per heavy atom. The van der Waals surface area contributed by atoms with Gasteiger partial charge in [-0.1, -0.05) is 12.1 Å². The van der Waals surface area contributed by atoms with E-state index in [4.69, 9.17) is 10.00 Å². The van der Waals surface area contributed by atoms with Gasteiger partial charge in [-0.3, -0.25) is 4.79 Å². The number of ether oxygens (including phenoxy) is 1. The van der Waals surface area contributed by atoms with E-state index in [1.165, 1.54) is 12.1 Å². The Hall–Kier alpha value is -3.47. The molecule has 0 radical (unpaired) electrons. The molecule has 0 spiro atoms. The van der Waals surface area contributed by atoms with Crippen LogP contribution in [0.4, 0.5) is 18.9 Å². The lowest BCUT2D eigenvalue weighted by Gasteiger charge is -2.08. The maximum absolute atomic E-state index is 12.5. The van der Waals surface area contributed by atoms with Crippen LogP contribution in [0.5, 0.6) is 5.75 Å². The molecule has 8 heteroatoms. The Kier molecular flexibility index (Phi) is 6.44. The average Bonchev–Trinajstić information content (AvgIpc) is 2.67. The number of carbonyl (C=O) groups excluding carboxylic acids is 1. The predicted octanol–water partition coefficient (Wildman–Crippen LogP) is 3.85. The summed E-state index contributed by atoms with van der Waals surface area (Å²) in [5.74, 6) is 0.0798. The molecule has 0 fully saturated rings. The van der Waals surface area contributed by atoms with Crippen LogP contribution in [-0.4, -0.2) is 13.0 Å². The normalized spacial score (nSPS) is 11.4. The fraction of sp³-hybridized carbons (Fsp3) is 0.158. The van der Waals surface area contributed by atoms with Gasteiger partial charge in [0.1, 0.15) is 17.4 Å². The summed E-state index contributed by atoms with van der Waals surface area (Å²) in [7, 11) is 1.55. The van der Waals surface area contributed by atoms with E-state index in [-0.39, 0.29) is 12.1 Å². The second-order valence-corrected chi connectivity index (χ2v) is 5.42. The van der Waals surface area contributed by atoms with Crippen molar-refractivity contribution in [3.05, 3.63) is 71.4 Å². The van der Waals surface area contributed by atoms with Crippen molar-refractivity contribution in [2.75, 3.05) is 12.4 Å². The van der Waals surface area contributed by atoms with Gasteiger partial charge >= 0.3 is 6.18 Å². The summed E-state index contributed by atoms with van der Waals surface area (Å²) in [6, 6.07) is 13.0. The van der Waals surface area contributed by atoms with Crippen LogP contribution in [0.1, 0.15) is 11.1 Å². The number of carbonyl (C=O) groups is 1. The lowest BCUT2D eigenvalue weighted by Crippen LogP contribution is -2.24. The van der Waals surface area contributed by atoms with Crippen LogP contribution in [0.15, 0.2) is 60.3 Å². The van der Waals surface area contributed by atoms with Crippen LogP contribution in [0.2, 0.25) is 0 Å². The summed E-state index contributed by atoms with van der Waals surface area (Å²) in [6.07, 6.45) is -3.28. The molecule has 0 bridgehead atoms. The molecule has 0 atom stereocenters. The number of nitrogens with one attached hydrogen (secondary N) is 2. The summed E-state index contributed by atoms with van der Waals surface area (Å²) in [4.78, 5) is 12.1. The van der Waals surface area contributed by atoms with Gasteiger partial charge < -0.3 is 15.4 Å². The van der Waals surface area contributed by atoms with Crippen LogP contribution in [-0.2, 0) is 17.5 Å². The van der Waals surface area contributed by atoms with Crippen LogP contribution in [0.25, 0.3) is 0 Å². The molecule has 2 N–H and O–H groups in total. The van der Waals surface area contributed by atoms with Gasteiger partial charge in [-0.2, -0.15) is 18.4 Å². The van der Waals surface area contributed by atoms with Crippen molar-refractivity contribution in [2.24, 2.45) is 0 Å². The van der Waals surface area contributed by atoms with Crippen molar-refractivity contribution in [2.45, 2.75) is 12.7 Å². The highest BCUT2D eigenvalue weighted by Crippen LogP contribution is 2.29. The second-order valence-electron chi connectivity index (χ2n) is 5.42. The van der Waals surface area contributed by atoms with E-state index in [0.29, 0.717) is 11.4 Å². The van der Waals surface area contributed by atoms with Gasteiger partial charge in [-0.05, 0) is 42.0 Å². The molecule has 2 aromatic rings. The van der Waals surface area contributed by atoms with E-state index in [1.54, 1.807) is 37.4 Å². The summed E-state index contributed by atoms with van der Waals surface area (Å²) < 4.78 is 42.6. The minimum atomic E-state index is -4.42. The molecule has 140 valence electrons. The zero-order chi connectivity index (χ0) is 19.9. The molecule has 2 aromatic carbocycles. The Labute approximate surface area is 154 Å². The average molecular weight is 375 g/mol. The Balaban J connectivity index is 1.96. The third kappa shape index (κ3) is 5.78. The van der Waals surface area contributed by atoms with Crippen molar-refractivity contribution < 1.29 is 22.7 Å². The Bertz CT molecular complexity index is 852. The van der Waals surface area contributed by atoms with E-state index in [1.807, 2.05) is 0 Å². The highest BCUT2D eigenvalue weighted by molar-refractivity contribution is 5.97. The van der Waals surface area contributed by atoms with Gasteiger partial charge in [0.05, 0.1) is 12.7 Å². The number of benzene rings is 2. The topological polar surface area (TPSA) is 74.1 Å². The van der Waals surface area contributed by atoms with Crippen molar-refractivity contribution in [1.29, 1.82) is 5.26 Å². The quantitative estimate of drug-likeness (QED) is 0.594. The molecule has 5 nitrogen and oxygen atoms in total. The molecule has 0 unspecified atom stereocenters. The maximum atomic E-state index is 12.5. The van der Waals surface area contributed by atoms with Gasteiger partial charge in [0, 0.05) is 18.4 Å². The number of amides is 1. The highest BCUT2D eigenvalue weighted by atomic mass is 19.4. The number of anilines is 1. The first-order valence-electron chi connectivity index (χ1n) is 7.78. The molecule has 0 saturated carbocycles. The van der Waals surface area contributed by atoms with E-state index in [2.05, 4.69) is 10.6 Å². The SMILES string of the molecule is COc1ccc(CNC(=O)/C(C#N)=C\Nc2ccc(C(F)(F)F)cc2)cc1. The van der Waals surface area contributed by atoms with Crippen LogP contribution in [0.3, 0.4) is 0 Å². The first-order chi connectivity index (χ1) is 12.8. The lowest BCUT2D eigenvalue weighted by molar-refractivity contribution is -0.137. The number of rotatable bonds is 6. The van der Waals surface area contributed by atoms with E-state index in [0.717, 1.165) is 23.9 Å². The molecule has 0 aliphatic heterocycles. The largest absolute Gasteiger partial charge is 0.497 e. The number of hydrogen-bond donors (Lipinski definition) is 2. The van der Waals surface area contributed by atoms with E-state index < -0.39 is 17.6 Å². The van der Waals surface area contributed by atoms with Crippen molar-refractivity contribution in [3.63, 3.8) is 0 Å². The number of nitrogens with zero attached hydrogens (tertiary/aromatic N) is 1. The summed E-state index contributed by atoms with van der Waals surface area (Å²) >= 11 is 0. The summed E-state index contributed by atoms with van der Waals surface area (Å²) in [5, 5.41) is 14.3. The van der Waals surface area contributed by atoms with Crippen molar-refractivity contribution in [1.82, 2.24) is 5.32 Å². The van der Waals surface area contributed by atoms with Gasteiger partial charge in [0.15, 0.2) is 0 Å². The highest BCUT2D eigenvalue weighted by Gasteiger charge is 2.29. The maximum Gasteiger partial charge on any atom is 0.416 e. The fourth-order valence-electron chi connectivity index (χ4n) is 2.08. The molecule has 0 aliphatic rings. The third-order valence-corrected chi connectivity index (χ3v) is 3.57. The van der Waals surface area contributed by atoms with Gasteiger partial charge in [-0.15, -0.1) is 0 Å². The number of alkyl halides is 3. The zero-order valence-electron chi connectivity index (χ0n) is 14.3. The number of halogens is 3. The van der Waals surface area contributed by atoms with Crippen LogP contribution >= 0.6 is 0 Å². The molecule has 0 heterocycles. The minimum Gasteiger partial charge on any atom is -0.497 e. The molecule has 0 saturated heterocycles. The fourth-order valence-corrected chi connectivity index (χ4v) is 2.08. The van der Waals surface area contributed by atoms with Crippen LogP contribution in [0, 0.1) is 11.3 Å². The predicted molar refractivity (Wildman–Crippen MR) is 93.6 cm³/mol. The van der Waals surface area contributed by atoms with Crippen molar-refractivity contribution in [3.8, 4) is 11.8 Å². The standard InChI is InChI=1S/C19H16F3N3O2/c1-27-17-8-2-13(3-9-17)11-25-18(26)14(10-23)12-24-16-6-4-15(5-7-16)19(20,21)22/h2-9,12,24H,11H2,1H3,(H,25,26)/b14-12-. The van der Waals surface area contributed by atoms with Gasteiger partial charge in [0.25, 0.3) is 5.91 Å². The molecular formula is C19H16F3N3O2. The smallest absolute Gasteiger partial charge is 0.416 e. The number of nitriles is 1. The molecule has 1 amide bonds. The molecular weight excluding hydrogens is 359 g/mol. The summed E-state index contributed by atoms with van der Waals surface area (Å²) in [5.41, 5.74) is 0.147. The molecule has 27 heavy (non-hydrogen) atoms. The zero-order valence-corrected chi connectivity index (χ0v) is 14.3. The first-order valence-corrected chi connectivity index (χ1v) is 7.78.